The Morgan fingerprint density at radius 2 is 2.15 bits per heavy atom. The van der Waals surface area contributed by atoms with Crippen LogP contribution in [0.4, 0.5) is 11.5 Å². The predicted molar refractivity (Wildman–Crippen MR) is 75.0 cm³/mol. The minimum atomic E-state index is -1.24. The van der Waals surface area contributed by atoms with E-state index in [0.29, 0.717) is 12.5 Å². The van der Waals surface area contributed by atoms with Crippen LogP contribution < -0.4 is 5.32 Å². The van der Waals surface area contributed by atoms with Crippen LogP contribution in [0.25, 0.3) is 0 Å². The number of carboxylic acids is 1. The van der Waals surface area contributed by atoms with E-state index in [1.54, 1.807) is 0 Å². The first-order valence-corrected chi connectivity index (χ1v) is 6.26. The average Bonchev–Trinajstić information content (AvgIpc) is 2.35. The molecule has 2 N–H and O–H groups in total. The van der Waals surface area contributed by atoms with Gasteiger partial charge in [0.25, 0.3) is 5.69 Å². The lowest BCUT2D eigenvalue weighted by Gasteiger charge is -2.29. The average molecular weight is 281 g/mol. The van der Waals surface area contributed by atoms with Crippen molar-refractivity contribution >= 4 is 17.5 Å². The number of nitro groups is 1. The molecular weight excluding hydrogens is 262 g/mol. The SMILES string of the molecule is CC(C)C(C)(C)CNc1ncc([N+](=O)[O-])cc1C(=O)O. The fraction of sp³-hybridized carbons (Fsp3) is 0.538. The van der Waals surface area contributed by atoms with Crippen LogP contribution in [0.3, 0.4) is 0 Å². The Morgan fingerprint density at radius 1 is 1.55 bits per heavy atom. The van der Waals surface area contributed by atoms with Crippen molar-refractivity contribution in [1.29, 1.82) is 0 Å². The summed E-state index contributed by atoms with van der Waals surface area (Å²) in [6.07, 6.45) is 1.05. The molecule has 0 aliphatic rings. The standard InChI is InChI=1S/C13H19N3O4/c1-8(2)13(3,4)7-15-11-10(12(17)18)5-9(6-14-11)16(19)20/h5-6,8H,7H2,1-4H3,(H,14,15)(H,17,18). The van der Waals surface area contributed by atoms with Crippen LogP contribution in [0.5, 0.6) is 0 Å². The maximum absolute atomic E-state index is 11.2. The van der Waals surface area contributed by atoms with Crippen LogP contribution in [0.1, 0.15) is 38.1 Å². The summed E-state index contributed by atoms with van der Waals surface area (Å²) in [5.41, 5.74) is -0.589. The van der Waals surface area contributed by atoms with Crippen molar-refractivity contribution in [2.75, 3.05) is 11.9 Å². The van der Waals surface area contributed by atoms with Crippen molar-refractivity contribution in [2.45, 2.75) is 27.7 Å². The summed E-state index contributed by atoms with van der Waals surface area (Å²) >= 11 is 0. The first kappa shape index (κ1) is 15.9. The van der Waals surface area contributed by atoms with Crippen molar-refractivity contribution in [3.63, 3.8) is 0 Å². The Balaban J connectivity index is 3.01. The largest absolute Gasteiger partial charge is 0.478 e. The van der Waals surface area contributed by atoms with Gasteiger partial charge < -0.3 is 10.4 Å². The topological polar surface area (TPSA) is 105 Å². The fourth-order valence-corrected chi connectivity index (χ4v) is 1.37. The van der Waals surface area contributed by atoms with Crippen LogP contribution in [0, 0.1) is 21.4 Å². The van der Waals surface area contributed by atoms with Gasteiger partial charge in [-0.25, -0.2) is 9.78 Å². The molecule has 0 saturated carbocycles. The number of aromatic carboxylic acids is 1. The summed E-state index contributed by atoms with van der Waals surface area (Å²) < 4.78 is 0. The summed E-state index contributed by atoms with van der Waals surface area (Å²) in [6.45, 7) is 8.77. The van der Waals surface area contributed by atoms with Gasteiger partial charge in [0, 0.05) is 12.6 Å². The Kier molecular flexibility index (Phi) is 4.65. The normalized spacial score (nSPS) is 11.4. The van der Waals surface area contributed by atoms with Crippen LogP contribution in [-0.2, 0) is 0 Å². The molecule has 0 saturated heterocycles. The number of rotatable bonds is 6. The number of anilines is 1. The molecule has 0 fully saturated rings. The molecule has 7 nitrogen and oxygen atoms in total. The first-order valence-electron chi connectivity index (χ1n) is 6.26. The monoisotopic (exact) mass is 281 g/mol. The van der Waals surface area contributed by atoms with Gasteiger partial charge in [0.15, 0.2) is 0 Å². The molecule has 7 heteroatoms. The molecule has 1 aromatic rings. The minimum absolute atomic E-state index is 0.0563. The van der Waals surface area contributed by atoms with E-state index in [9.17, 15) is 14.9 Å². The van der Waals surface area contributed by atoms with Crippen LogP contribution in [-0.4, -0.2) is 27.5 Å². The second-order valence-electron chi connectivity index (χ2n) is 5.65. The van der Waals surface area contributed by atoms with Gasteiger partial charge in [0.05, 0.1) is 4.92 Å². The van der Waals surface area contributed by atoms with Gasteiger partial charge in [0.1, 0.15) is 17.6 Å². The number of hydrogen-bond acceptors (Lipinski definition) is 5. The number of pyridine rings is 1. The van der Waals surface area contributed by atoms with E-state index in [-0.39, 0.29) is 22.5 Å². The van der Waals surface area contributed by atoms with Gasteiger partial charge in [-0.1, -0.05) is 27.7 Å². The van der Waals surface area contributed by atoms with Gasteiger partial charge in [-0.05, 0) is 11.3 Å². The maximum Gasteiger partial charge on any atom is 0.339 e. The molecule has 1 heterocycles. The molecule has 0 spiro atoms. The predicted octanol–water partition coefficient (Wildman–Crippen LogP) is 2.78. The van der Waals surface area contributed by atoms with Gasteiger partial charge >= 0.3 is 5.97 Å². The molecular formula is C13H19N3O4. The minimum Gasteiger partial charge on any atom is -0.478 e. The number of hydrogen-bond donors (Lipinski definition) is 2. The maximum atomic E-state index is 11.2. The van der Waals surface area contributed by atoms with Crippen molar-refractivity contribution in [2.24, 2.45) is 11.3 Å². The zero-order chi connectivity index (χ0) is 15.5. The van der Waals surface area contributed by atoms with Crippen LogP contribution in [0.2, 0.25) is 0 Å². The van der Waals surface area contributed by atoms with Crippen LogP contribution >= 0.6 is 0 Å². The van der Waals surface area contributed by atoms with E-state index in [1.165, 1.54) is 0 Å². The van der Waals surface area contributed by atoms with Gasteiger partial charge in [-0.3, -0.25) is 10.1 Å². The fourth-order valence-electron chi connectivity index (χ4n) is 1.37. The van der Waals surface area contributed by atoms with E-state index >= 15 is 0 Å². The third kappa shape index (κ3) is 3.66. The van der Waals surface area contributed by atoms with Crippen LogP contribution in [0.15, 0.2) is 12.3 Å². The zero-order valence-electron chi connectivity index (χ0n) is 12.0. The van der Waals surface area contributed by atoms with Crippen molar-refractivity contribution in [1.82, 2.24) is 4.98 Å². The summed E-state index contributed by atoms with van der Waals surface area (Å²) in [5.74, 6) is -0.704. The molecule has 0 unspecified atom stereocenters. The molecule has 0 bridgehead atoms. The Morgan fingerprint density at radius 3 is 2.60 bits per heavy atom. The highest BCUT2D eigenvalue weighted by Gasteiger charge is 2.24. The molecule has 1 aromatic heterocycles. The second-order valence-corrected chi connectivity index (χ2v) is 5.65. The molecule has 1 rings (SSSR count). The summed E-state index contributed by atoms with van der Waals surface area (Å²) in [4.78, 5) is 25.0. The number of aromatic nitrogens is 1. The van der Waals surface area contributed by atoms with E-state index in [1.807, 2.05) is 0 Å². The smallest absolute Gasteiger partial charge is 0.339 e. The first-order chi connectivity index (χ1) is 9.15. The summed E-state index contributed by atoms with van der Waals surface area (Å²) in [6, 6.07) is 1.01. The van der Waals surface area contributed by atoms with Crippen molar-refractivity contribution in [3.05, 3.63) is 27.9 Å². The highest BCUT2D eigenvalue weighted by atomic mass is 16.6. The number of nitrogens with one attached hydrogen (secondary N) is 1. The van der Waals surface area contributed by atoms with Gasteiger partial charge in [-0.15, -0.1) is 0 Å². The van der Waals surface area contributed by atoms with E-state index in [0.717, 1.165) is 12.3 Å². The molecule has 0 amide bonds. The molecule has 0 aliphatic heterocycles. The highest BCUT2D eigenvalue weighted by molar-refractivity contribution is 5.93. The summed E-state index contributed by atoms with van der Waals surface area (Å²) in [7, 11) is 0. The number of carboxylic acid groups (broad SMARTS) is 1. The number of carbonyl (C=O) groups is 1. The van der Waals surface area contributed by atoms with E-state index in [2.05, 4.69) is 38.0 Å². The Bertz CT molecular complexity index is 526. The lowest BCUT2D eigenvalue weighted by atomic mass is 9.81. The van der Waals surface area contributed by atoms with Crippen molar-refractivity contribution in [3.8, 4) is 0 Å². The quantitative estimate of drug-likeness (QED) is 0.613. The van der Waals surface area contributed by atoms with Gasteiger partial charge in [-0.2, -0.15) is 0 Å². The third-order valence-electron chi connectivity index (χ3n) is 3.59. The second kappa shape index (κ2) is 5.85. The lowest BCUT2D eigenvalue weighted by molar-refractivity contribution is -0.385. The molecule has 110 valence electrons. The molecule has 0 atom stereocenters. The molecule has 20 heavy (non-hydrogen) atoms. The summed E-state index contributed by atoms with van der Waals surface area (Å²) in [5, 5.41) is 22.7. The van der Waals surface area contributed by atoms with Crippen molar-refractivity contribution < 1.29 is 14.8 Å². The number of nitrogens with zero attached hydrogens (tertiary/aromatic N) is 2. The van der Waals surface area contributed by atoms with Gasteiger partial charge in [0.2, 0.25) is 0 Å². The zero-order valence-corrected chi connectivity index (χ0v) is 12.0. The molecule has 0 aromatic carbocycles. The molecule has 0 aliphatic carbocycles. The Hall–Kier alpha value is -2.18. The third-order valence-corrected chi connectivity index (χ3v) is 3.59. The van der Waals surface area contributed by atoms with E-state index < -0.39 is 10.9 Å². The highest BCUT2D eigenvalue weighted by Crippen LogP contribution is 2.27. The Labute approximate surface area is 117 Å². The lowest BCUT2D eigenvalue weighted by Crippen LogP contribution is -2.29. The molecule has 0 radical (unpaired) electrons. The van der Waals surface area contributed by atoms with E-state index in [4.69, 9.17) is 5.11 Å².